The van der Waals surface area contributed by atoms with Crippen LogP contribution in [0.25, 0.3) is 11.3 Å². The van der Waals surface area contributed by atoms with Gasteiger partial charge in [-0.3, -0.25) is 14.7 Å². The molecule has 0 saturated carbocycles. The highest BCUT2D eigenvalue weighted by Crippen LogP contribution is 2.35. The molecule has 0 unspecified atom stereocenters. The predicted octanol–water partition coefficient (Wildman–Crippen LogP) is 2.54. The van der Waals surface area contributed by atoms with E-state index >= 15 is 0 Å². The molecule has 0 aliphatic heterocycles. The number of amides is 2. The summed E-state index contributed by atoms with van der Waals surface area (Å²) in [5, 5.41) is 14.5. The Kier molecular flexibility index (Phi) is 4.56. The molecule has 1 aromatic heterocycles. The van der Waals surface area contributed by atoms with Gasteiger partial charge in [0.2, 0.25) is 17.6 Å². The molecule has 1 heterocycles. The number of carbonyl (C=O) groups is 2. The van der Waals surface area contributed by atoms with E-state index in [1.54, 1.807) is 0 Å². The van der Waals surface area contributed by atoms with Crippen molar-refractivity contribution in [2.45, 2.75) is 13.8 Å². The Bertz CT molecular complexity index is 905. The first kappa shape index (κ1) is 18.1. The van der Waals surface area contributed by atoms with Crippen molar-refractivity contribution in [1.82, 2.24) is 10.2 Å². The van der Waals surface area contributed by atoms with E-state index in [1.807, 2.05) is 5.10 Å². The second-order valence-corrected chi connectivity index (χ2v) is 4.73. The predicted molar refractivity (Wildman–Crippen MR) is 72.4 cm³/mol. The molecule has 0 radical (unpaired) electrons. The Labute approximate surface area is 136 Å². The third kappa shape index (κ3) is 2.71. The number of rotatable bonds is 2. The Morgan fingerprint density at radius 2 is 1.40 bits per heavy atom. The summed E-state index contributed by atoms with van der Waals surface area (Å²) in [5.74, 6) is -13.6. The number of carbonyl (C=O) groups excluding carboxylic acids is 2. The summed E-state index contributed by atoms with van der Waals surface area (Å²) in [6.45, 7) is 1.91. The molecule has 0 saturated heterocycles. The third-order valence-corrected chi connectivity index (χ3v) is 3.16. The summed E-state index contributed by atoms with van der Waals surface area (Å²) in [5.41, 5.74) is -3.04. The van der Waals surface area contributed by atoms with Crippen LogP contribution < -0.4 is 4.90 Å². The van der Waals surface area contributed by atoms with Gasteiger partial charge in [-0.1, -0.05) is 0 Å². The van der Waals surface area contributed by atoms with E-state index in [9.17, 15) is 36.8 Å². The maximum Gasteiger partial charge on any atom is 0.231 e. The SMILES string of the molecule is CC(=O)N(C(C)=O)c1n[nH]c(-c2c(F)c(F)c(F)c(F)c2F)c1C#N. The van der Waals surface area contributed by atoms with Gasteiger partial charge in [0.05, 0.1) is 11.3 Å². The van der Waals surface area contributed by atoms with Gasteiger partial charge in [0.1, 0.15) is 11.6 Å². The van der Waals surface area contributed by atoms with E-state index in [0.29, 0.717) is 4.90 Å². The lowest BCUT2D eigenvalue weighted by molar-refractivity contribution is -0.124. The van der Waals surface area contributed by atoms with Crippen molar-refractivity contribution in [1.29, 1.82) is 5.26 Å². The normalized spacial score (nSPS) is 10.5. The van der Waals surface area contributed by atoms with Gasteiger partial charge in [0, 0.05) is 13.8 Å². The number of H-pyrrole nitrogens is 1. The average molecular weight is 358 g/mol. The van der Waals surface area contributed by atoms with Crippen molar-refractivity contribution in [3.63, 3.8) is 0 Å². The van der Waals surface area contributed by atoms with Crippen molar-refractivity contribution in [2.24, 2.45) is 0 Å². The van der Waals surface area contributed by atoms with Crippen molar-refractivity contribution in [3.8, 4) is 17.3 Å². The molecule has 0 aliphatic rings. The molecule has 0 bridgehead atoms. The van der Waals surface area contributed by atoms with Crippen LogP contribution >= 0.6 is 0 Å². The monoisotopic (exact) mass is 358 g/mol. The quantitative estimate of drug-likeness (QED) is 0.508. The fourth-order valence-electron chi connectivity index (χ4n) is 2.13. The minimum atomic E-state index is -2.37. The first-order chi connectivity index (χ1) is 11.6. The van der Waals surface area contributed by atoms with E-state index in [4.69, 9.17) is 0 Å². The number of aromatic nitrogens is 2. The summed E-state index contributed by atoms with van der Waals surface area (Å²) in [7, 11) is 0. The van der Waals surface area contributed by atoms with Crippen molar-refractivity contribution < 1.29 is 31.5 Å². The van der Waals surface area contributed by atoms with Gasteiger partial charge in [0.25, 0.3) is 0 Å². The molecule has 130 valence electrons. The molecule has 2 aromatic rings. The molecule has 0 atom stereocenters. The van der Waals surface area contributed by atoms with Crippen LogP contribution in [-0.4, -0.2) is 22.0 Å². The van der Waals surface area contributed by atoms with Crippen LogP contribution in [0.15, 0.2) is 0 Å². The largest absolute Gasteiger partial charge is 0.274 e. The standard InChI is InChI=1S/C14H7F5N4O2/c1-4(24)23(5(2)25)14-6(3-20)13(21-22-14)7-8(15)10(17)12(19)11(18)9(7)16/h1-2H3,(H,21,22). The number of nitrogens with zero attached hydrogens (tertiary/aromatic N) is 3. The number of halogens is 5. The van der Waals surface area contributed by atoms with Gasteiger partial charge in [-0.05, 0) is 0 Å². The summed E-state index contributed by atoms with van der Waals surface area (Å²) < 4.78 is 67.6. The molecule has 6 nitrogen and oxygen atoms in total. The van der Waals surface area contributed by atoms with Crippen LogP contribution in [0.4, 0.5) is 27.8 Å². The zero-order valence-corrected chi connectivity index (χ0v) is 12.5. The molecule has 0 aliphatic carbocycles. The molecule has 2 amide bonds. The minimum Gasteiger partial charge on any atom is -0.274 e. The fraction of sp³-hybridized carbons (Fsp3) is 0.143. The van der Waals surface area contributed by atoms with Crippen LogP contribution in [-0.2, 0) is 9.59 Å². The minimum absolute atomic E-state index is 0.407. The lowest BCUT2D eigenvalue weighted by atomic mass is 10.1. The van der Waals surface area contributed by atoms with E-state index in [1.165, 1.54) is 6.07 Å². The van der Waals surface area contributed by atoms with E-state index < -0.39 is 63.5 Å². The number of benzene rings is 1. The lowest BCUT2D eigenvalue weighted by Crippen LogP contribution is -2.34. The zero-order chi connectivity index (χ0) is 19.0. The van der Waals surface area contributed by atoms with Crippen LogP contribution in [0.1, 0.15) is 19.4 Å². The topological polar surface area (TPSA) is 89.8 Å². The molecular weight excluding hydrogens is 351 g/mol. The number of aromatic amines is 1. The van der Waals surface area contributed by atoms with Gasteiger partial charge in [-0.25, -0.2) is 26.9 Å². The summed E-state index contributed by atoms with van der Waals surface area (Å²) >= 11 is 0. The van der Waals surface area contributed by atoms with Crippen LogP contribution in [0.5, 0.6) is 0 Å². The first-order valence-electron chi connectivity index (χ1n) is 6.44. The van der Waals surface area contributed by atoms with Gasteiger partial charge in [-0.15, -0.1) is 0 Å². The van der Waals surface area contributed by atoms with E-state index in [2.05, 4.69) is 5.10 Å². The van der Waals surface area contributed by atoms with Crippen molar-refractivity contribution in [3.05, 3.63) is 34.6 Å². The second-order valence-electron chi connectivity index (χ2n) is 4.73. The lowest BCUT2D eigenvalue weighted by Gasteiger charge is -2.14. The van der Waals surface area contributed by atoms with Gasteiger partial charge in [-0.2, -0.15) is 10.4 Å². The highest BCUT2D eigenvalue weighted by Gasteiger charge is 2.32. The maximum absolute atomic E-state index is 13.9. The third-order valence-electron chi connectivity index (χ3n) is 3.16. The molecule has 11 heteroatoms. The fourth-order valence-corrected chi connectivity index (χ4v) is 2.13. The summed E-state index contributed by atoms with van der Waals surface area (Å²) in [6.07, 6.45) is 0. The van der Waals surface area contributed by atoms with Crippen molar-refractivity contribution >= 4 is 17.6 Å². The molecule has 0 fully saturated rings. The number of nitrogens with one attached hydrogen (secondary N) is 1. The number of hydrogen-bond donors (Lipinski definition) is 1. The smallest absolute Gasteiger partial charge is 0.231 e. The molecule has 1 aromatic carbocycles. The van der Waals surface area contributed by atoms with Crippen LogP contribution in [0, 0.1) is 40.4 Å². The highest BCUT2D eigenvalue weighted by molar-refractivity contribution is 6.13. The van der Waals surface area contributed by atoms with Crippen molar-refractivity contribution in [2.75, 3.05) is 4.90 Å². The Morgan fingerprint density at radius 3 is 1.80 bits per heavy atom. The number of imide groups is 1. The van der Waals surface area contributed by atoms with Gasteiger partial charge >= 0.3 is 0 Å². The molecule has 0 spiro atoms. The van der Waals surface area contributed by atoms with E-state index in [-0.39, 0.29) is 0 Å². The number of anilines is 1. The Hall–Kier alpha value is -3.29. The first-order valence-corrected chi connectivity index (χ1v) is 6.44. The average Bonchev–Trinajstić information content (AvgIpc) is 2.93. The maximum atomic E-state index is 13.9. The Morgan fingerprint density at radius 1 is 0.960 bits per heavy atom. The summed E-state index contributed by atoms with van der Waals surface area (Å²) in [4.78, 5) is 23.4. The molecule has 25 heavy (non-hydrogen) atoms. The summed E-state index contributed by atoms with van der Waals surface area (Å²) in [6, 6.07) is 1.43. The number of nitriles is 1. The van der Waals surface area contributed by atoms with Crippen LogP contribution in [0.3, 0.4) is 0 Å². The van der Waals surface area contributed by atoms with Gasteiger partial charge in [0.15, 0.2) is 29.1 Å². The number of hydrogen-bond acceptors (Lipinski definition) is 4. The van der Waals surface area contributed by atoms with Crippen LogP contribution in [0.2, 0.25) is 0 Å². The molecular formula is C14H7F5N4O2. The molecule has 1 N–H and O–H groups in total. The highest BCUT2D eigenvalue weighted by atomic mass is 19.2. The van der Waals surface area contributed by atoms with E-state index in [0.717, 1.165) is 13.8 Å². The van der Waals surface area contributed by atoms with Gasteiger partial charge < -0.3 is 0 Å². The second kappa shape index (κ2) is 6.31. The Balaban J connectivity index is 2.83. The molecule has 2 rings (SSSR count). The zero-order valence-electron chi connectivity index (χ0n) is 12.5.